The van der Waals surface area contributed by atoms with Crippen LogP contribution in [0.5, 0.6) is 0 Å². The van der Waals surface area contributed by atoms with Gasteiger partial charge in [0.15, 0.2) is 0 Å². The molecule has 0 radical (unpaired) electrons. The molecule has 0 saturated heterocycles. The number of hydrogen-bond donors (Lipinski definition) is 1. The molecule has 2 fully saturated rings. The smallest absolute Gasteiger partial charge is 0.299 e. The van der Waals surface area contributed by atoms with Crippen molar-refractivity contribution < 1.29 is 13.2 Å². The summed E-state index contributed by atoms with van der Waals surface area (Å²) in [5, 5.41) is 11.8. The molecule has 0 aromatic heterocycles. The first-order valence-corrected chi connectivity index (χ1v) is 6.22. The predicted octanol–water partition coefficient (Wildman–Crippen LogP) is 3.14. The summed E-state index contributed by atoms with van der Waals surface area (Å²) in [6.45, 7) is 0. The quantitative estimate of drug-likeness (QED) is 0.760. The minimum atomic E-state index is -4.18. The van der Waals surface area contributed by atoms with Crippen molar-refractivity contribution in [1.29, 1.82) is 5.26 Å². The number of nitriles is 1. The van der Waals surface area contributed by atoms with E-state index in [4.69, 9.17) is 5.26 Å². The Morgan fingerprint density at radius 1 is 1.12 bits per heavy atom. The van der Waals surface area contributed by atoms with E-state index in [1.54, 1.807) is 0 Å². The van der Waals surface area contributed by atoms with E-state index in [9.17, 15) is 13.2 Å². The highest BCUT2D eigenvalue weighted by molar-refractivity contribution is 5.11. The summed E-state index contributed by atoms with van der Waals surface area (Å²) in [6, 6.07) is 1.88. The van der Waals surface area contributed by atoms with Crippen LogP contribution in [0.4, 0.5) is 13.2 Å². The van der Waals surface area contributed by atoms with Crippen molar-refractivity contribution in [3.8, 4) is 6.07 Å². The highest BCUT2D eigenvalue weighted by Gasteiger charge is 2.64. The number of alkyl halides is 3. The summed E-state index contributed by atoms with van der Waals surface area (Å²) < 4.78 is 38.5. The highest BCUT2D eigenvalue weighted by Crippen LogP contribution is 2.50. The van der Waals surface area contributed by atoms with Gasteiger partial charge in [-0.1, -0.05) is 19.3 Å². The third-order valence-electron chi connectivity index (χ3n) is 3.94. The average molecular weight is 246 g/mol. The number of rotatable bonds is 2. The van der Waals surface area contributed by atoms with Crippen LogP contribution in [0, 0.1) is 17.2 Å². The van der Waals surface area contributed by atoms with Crippen molar-refractivity contribution in [2.24, 2.45) is 5.92 Å². The summed E-state index contributed by atoms with van der Waals surface area (Å²) >= 11 is 0. The van der Waals surface area contributed by atoms with Gasteiger partial charge in [-0.25, -0.2) is 0 Å². The van der Waals surface area contributed by atoms with Crippen molar-refractivity contribution in [2.45, 2.75) is 62.7 Å². The van der Waals surface area contributed by atoms with E-state index in [2.05, 4.69) is 11.4 Å². The number of nitrogens with zero attached hydrogens (tertiary/aromatic N) is 1. The van der Waals surface area contributed by atoms with E-state index in [0.29, 0.717) is 6.42 Å². The Labute approximate surface area is 99.2 Å². The standard InChI is InChI=1S/C12H17F3N2/c13-12(14,15)11(6-7-11)17-10-5-3-1-2-4-9(10)8-16/h9-10,17H,1-7H2. The predicted molar refractivity (Wildman–Crippen MR) is 57.1 cm³/mol. The number of nitrogens with one attached hydrogen (secondary N) is 1. The van der Waals surface area contributed by atoms with Gasteiger partial charge in [0.05, 0.1) is 12.0 Å². The molecule has 2 aliphatic carbocycles. The van der Waals surface area contributed by atoms with E-state index in [-0.39, 0.29) is 24.8 Å². The first-order valence-electron chi connectivity index (χ1n) is 6.22. The van der Waals surface area contributed by atoms with Crippen LogP contribution in [0.2, 0.25) is 0 Å². The molecule has 2 aliphatic rings. The molecule has 17 heavy (non-hydrogen) atoms. The van der Waals surface area contributed by atoms with Crippen molar-refractivity contribution in [3.05, 3.63) is 0 Å². The second kappa shape index (κ2) is 4.49. The van der Waals surface area contributed by atoms with Crippen LogP contribution in [-0.2, 0) is 0 Å². The van der Waals surface area contributed by atoms with Gasteiger partial charge in [0, 0.05) is 6.04 Å². The Kier molecular flexibility index (Phi) is 3.35. The van der Waals surface area contributed by atoms with Gasteiger partial charge in [-0.15, -0.1) is 0 Å². The Morgan fingerprint density at radius 3 is 2.29 bits per heavy atom. The molecular weight excluding hydrogens is 229 g/mol. The maximum Gasteiger partial charge on any atom is 0.406 e. The molecule has 0 amide bonds. The molecule has 1 N–H and O–H groups in total. The summed E-state index contributed by atoms with van der Waals surface area (Å²) in [4.78, 5) is 0. The fourth-order valence-corrected chi connectivity index (χ4v) is 2.62. The van der Waals surface area contributed by atoms with Gasteiger partial charge in [-0.05, 0) is 25.7 Å². The van der Waals surface area contributed by atoms with E-state index < -0.39 is 11.7 Å². The summed E-state index contributed by atoms with van der Waals surface area (Å²) in [7, 11) is 0. The summed E-state index contributed by atoms with van der Waals surface area (Å²) in [6.07, 6.45) is 0.447. The maximum atomic E-state index is 12.8. The monoisotopic (exact) mass is 246 g/mol. The minimum Gasteiger partial charge on any atom is -0.299 e. The summed E-state index contributed by atoms with van der Waals surface area (Å²) in [5.41, 5.74) is -1.68. The summed E-state index contributed by atoms with van der Waals surface area (Å²) in [5.74, 6) is -0.266. The van der Waals surface area contributed by atoms with Gasteiger partial charge in [0.2, 0.25) is 0 Å². The van der Waals surface area contributed by atoms with Crippen molar-refractivity contribution in [2.75, 3.05) is 0 Å². The number of hydrogen-bond acceptors (Lipinski definition) is 2. The lowest BCUT2D eigenvalue weighted by Crippen LogP contribution is -2.51. The molecule has 0 aromatic carbocycles. The molecule has 2 saturated carbocycles. The molecule has 2 unspecified atom stereocenters. The molecule has 2 nitrogen and oxygen atoms in total. The molecule has 0 bridgehead atoms. The van der Waals surface area contributed by atoms with Crippen LogP contribution < -0.4 is 5.32 Å². The minimum absolute atomic E-state index is 0.158. The van der Waals surface area contributed by atoms with Crippen molar-refractivity contribution >= 4 is 0 Å². The van der Waals surface area contributed by atoms with E-state index >= 15 is 0 Å². The SMILES string of the molecule is N#CC1CCCCCC1NC1(C(F)(F)F)CC1. The molecule has 2 atom stereocenters. The topological polar surface area (TPSA) is 35.8 Å². The second-order valence-corrected chi connectivity index (χ2v) is 5.20. The van der Waals surface area contributed by atoms with Crippen LogP contribution in [0.25, 0.3) is 0 Å². The molecule has 0 aromatic rings. The first-order chi connectivity index (χ1) is 7.98. The van der Waals surface area contributed by atoms with E-state index in [1.165, 1.54) is 0 Å². The van der Waals surface area contributed by atoms with Crippen LogP contribution in [0.1, 0.15) is 44.9 Å². The zero-order valence-electron chi connectivity index (χ0n) is 9.69. The molecule has 0 heterocycles. The van der Waals surface area contributed by atoms with Gasteiger partial charge >= 0.3 is 6.18 Å². The molecule has 0 spiro atoms. The lowest BCUT2D eigenvalue weighted by molar-refractivity contribution is -0.168. The Balaban J connectivity index is 2.04. The van der Waals surface area contributed by atoms with Gasteiger partial charge in [-0.3, -0.25) is 5.32 Å². The van der Waals surface area contributed by atoms with E-state index in [0.717, 1.165) is 25.7 Å². The lowest BCUT2D eigenvalue weighted by Gasteiger charge is -2.29. The maximum absolute atomic E-state index is 12.8. The lowest BCUT2D eigenvalue weighted by atomic mass is 9.95. The molecule has 2 rings (SSSR count). The second-order valence-electron chi connectivity index (χ2n) is 5.20. The van der Waals surface area contributed by atoms with Gasteiger partial charge in [0.1, 0.15) is 5.54 Å². The van der Waals surface area contributed by atoms with Gasteiger partial charge < -0.3 is 0 Å². The first kappa shape index (κ1) is 12.7. The normalized spacial score (nSPS) is 32.6. The molecular formula is C12H17F3N2. The molecule has 0 aliphatic heterocycles. The Morgan fingerprint density at radius 2 is 1.76 bits per heavy atom. The molecule has 5 heteroatoms. The zero-order chi connectivity index (χ0) is 12.5. The largest absolute Gasteiger partial charge is 0.406 e. The third-order valence-corrected chi connectivity index (χ3v) is 3.94. The van der Waals surface area contributed by atoms with Crippen LogP contribution in [-0.4, -0.2) is 17.8 Å². The van der Waals surface area contributed by atoms with Crippen LogP contribution in [0.3, 0.4) is 0 Å². The van der Waals surface area contributed by atoms with E-state index in [1.807, 2.05) is 0 Å². The average Bonchev–Trinajstić information content (AvgIpc) is 3.03. The third kappa shape index (κ3) is 2.57. The highest BCUT2D eigenvalue weighted by atomic mass is 19.4. The fourth-order valence-electron chi connectivity index (χ4n) is 2.62. The molecule has 96 valence electrons. The van der Waals surface area contributed by atoms with Gasteiger partial charge in [0.25, 0.3) is 0 Å². The Hall–Kier alpha value is -0.760. The van der Waals surface area contributed by atoms with Crippen LogP contribution >= 0.6 is 0 Å². The van der Waals surface area contributed by atoms with Crippen molar-refractivity contribution in [3.63, 3.8) is 0 Å². The van der Waals surface area contributed by atoms with Gasteiger partial charge in [-0.2, -0.15) is 18.4 Å². The Bertz CT molecular complexity index is 315. The zero-order valence-corrected chi connectivity index (χ0v) is 9.69. The van der Waals surface area contributed by atoms with Crippen molar-refractivity contribution in [1.82, 2.24) is 5.32 Å². The fraction of sp³-hybridized carbons (Fsp3) is 0.917. The number of halogens is 3. The van der Waals surface area contributed by atoms with Crippen LogP contribution in [0.15, 0.2) is 0 Å².